The summed E-state index contributed by atoms with van der Waals surface area (Å²) in [7, 11) is -2.14. The van der Waals surface area contributed by atoms with Crippen LogP contribution in [0.3, 0.4) is 0 Å². The van der Waals surface area contributed by atoms with E-state index in [4.69, 9.17) is 4.74 Å². The van der Waals surface area contributed by atoms with Crippen molar-refractivity contribution in [2.24, 2.45) is 4.99 Å². The van der Waals surface area contributed by atoms with Gasteiger partial charge in [-0.25, -0.2) is 18.4 Å². The Morgan fingerprint density at radius 3 is 2.64 bits per heavy atom. The number of anilines is 4. The molecule has 0 aliphatic carbocycles. The lowest BCUT2D eigenvalue weighted by Gasteiger charge is -2.18. The summed E-state index contributed by atoms with van der Waals surface area (Å²) in [6.07, 6.45) is 0.460. The number of benzene rings is 1. The largest absolute Gasteiger partial charge is 0.495 e. The van der Waals surface area contributed by atoms with Gasteiger partial charge in [-0.1, -0.05) is 6.92 Å². The van der Waals surface area contributed by atoms with Gasteiger partial charge in [0.05, 0.1) is 45.1 Å². The van der Waals surface area contributed by atoms with Gasteiger partial charge in [-0.3, -0.25) is 4.99 Å². The number of allylic oxidation sites excluding steroid dienone is 1. The maximum absolute atomic E-state index is 13.8. The molecule has 2 aromatic heterocycles. The van der Waals surface area contributed by atoms with Crippen molar-refractivity contribution in [3.05, 3.63) is 58.7 Å². The number of aliphatic imine (C=N–C) groups is 1. The number of pyridine rings is 1. The van der Waals surface area contributed by atoms with Crippen LogP contribution in [0, 0.1) is 0 Å². The summed E-state index contributed by atoms with van der Waals surface area (Å²) in [6.45, 7) is 1.51. The quantitative estimate of drug-likeness (QED) is 0.366. The van der Waals surface area contributed by atoms with E-state index in [2.05, 4.69) is 30.9 Å². The molecule has 0 amide bonds. The zero-order valence-corrected chi connectivity index (χ0v) is 20.6. The molecule has 0 saturated carbocycles. The number of halogens is 3. The summed E-state index contributed by atoms with van der Waals surface area (Å²) >= 11 is 1.24. The minimum absolute atomic E-state index is 0.0309. The fourth-order valence-electron chi connectivity index (χ4n) is 3.32. The van der Waals surface area contributed by atoms with Gasteiger partial charge in [0, 0.05) is 18.5 Å². The van der Waals surface area contributed by atoms with Crippen LogP contribution < -0.4 is 20.7 Å². The number of hydrogen-bond acceptors (Lipinski definition) is 10. The Hall–Kier alpha value is -3.65. The van der Waals surface area contributed by atoms with Gasteiger partial charge in [-0.15, -0.1) is 11.3 Å². The van der Waals surface area contributed by atoms with Crippen LogP contribution in [0.15, 0.2) is 58.1 Å². The van der Waals surface area contributed by atoms with Crippen molar-refractivity contribution >= 4 is 50.4 Å². The SMILES string of the molecule is CCS(=O)(=O)c1ccc(OC)c(Nc2cc(Nc3ncsc3C3N=CC=CN3)c(C(F)(F)F)cn2)c1. The molecule has 3 aromatic rings. The Morgan fingerprint density at radius 1 is 1.17 bits per heavy atom. The van der Waals surface area contributed by atoms with Crippen LogP contribution in [0.2, 0.25) is 0 Å². The van der Waals surface area contributed by atoms with E-state index in [9.17, 15) is 21.6 Å². The molecule has 9 nitrogen and oxygen atoms in total. The molecule has 0 spiro atoms. The Kier molecular flexibility index (Phi) is 7.17. The number of hydrogen-bond donors (Lipinski definition) is 3. The summed E-state index contributed by atoms with van der Waals surface area (Å²) in [4.78, 5) is 13.0. The Morgan fingerprint density at radius 2 is 1.97 bits per heavy atom. The van der Waals surface area contributed by atoms with Crippen LogP contribution in [-0.2, 0) is 16.0 Å². The number of nitrogens with one attached hydrogen (secondary N) is 3. The van der Waals surface area contributed by atoms with Gasteiger partial charge < -0.3 is 20.7 Å². The molecule has 1 atom stereocenters. The molecule has 14 heteroatoms. The third-order valence-electron chi connectivity index (χ3n) is 5.15. The molecule has 1 unspecified atom stereocenters. The summed E-state index contributed by atoms with van der Waals surface area (Å²) in [5.41, 5.74) is 0.442. The average Bonchev–Trinajstić information content (AvgIpc) is 3.32. The maximum Gasteiger partial charge on any atom is 0.419 e. The van der Waals surface area contributed by atoms with Crippen molar-refractivity contribution in [3.8, 4) is 5.75 Å². The van der Waals surface area contributed by atoms with Crippen molar-refractivity contribution in [1.82, 2.24) is 15.3 Å². The van der Waals surface area contributed by atoms with Gasteiger partial charge in [0.1, 0.15) is 17.4 Å². The number of aromatic nitrogens is 2. The van der Waals surface area contributed by atoms with E-state index in [0.29, 0.717) is 11.1 Å². The molecule has 0 fully saturated rings. The van der Waals surface area contributed by atoms with Crippen molar-refractivity contribution in [3.63, 3.8) is 0 Å². The second-order valence-corrected chi connectivity index (χ2v) is 10.6. The highest BCUT2D eigenvalue weighted by Gasteiger charge is 2.35. The molecule has 1 aromatic carbocycles. The number of alkyl halides is 3. The van der Waals surface area contributed by atoms with Crippen molar-refractivity contribution in [1.29, 1.82) is 0 Å². The predicted octanol–water partition coefficient (Wildman–Crippen LogP) is 5.03. The van der Waals surface area contributed by atoms with Crippen molar-refractivity contribution in [2.45, 2.75) is 24.2 Å². The van der Waals surface area contributed by atoms with Crippen LogP contribution >= 0.6 is 11.3 Å². The van der Waals surface area contributed by atoms with Crippen LogP contribution in [-0.4, -0.2) is 37.5 Å². The van der Waals surface area contributed by atoms with Gasteiger partial charge in [0.15, 0.2) is 16.0 Å². The highest BCUT2D eigenvalue weighted by Crippen LogP contribution is 2.39. The van der Waals surface area contributed by atoms with Crippen molar-refractivity contribution in [2.75, 3.05) is 23.5 Å². The van der Waals surface area contributed by atoms with E-state index >= 15 is 0 Å². The van der Waals surface area contributed by atoms with Gasteiger partial charge in [-0.2, -0.15) is 13.2 Å². The number of thiazole rings is 1. The molecule has 0 saturated heterocycles. The molecule has 190 valence electrons. The third-order valence-corrected chi connectivity index (χ3v) is 7.76. The molecule has 36 heavy (non-hydrogen) atoms. The summed E-state index contributed by atoms with van der Waals surface area (Å²) < 4.78 is 71.2. The molecule has 1 aliphatic heterocycles. The van der Waals surface area contributed by atoms with Crippen LogP contribution in [0.4, 0.5) is 36.2 Å². The molecular formula is C22H21F3N6O3S2. The first-order chi connectivity index (χ1) is 17.1. The predicted molar refractivity (Wildman–Crippen MR) is 132 cm³/mol. The van der Waals surface area contributed by atoms with E-state index in [1.54, 1.807) is 18.5 Å². The first-order valence-electron chi connectivity index (χ1n) is 10.5. The number of methoxy groups -OCH3 is 1. The van der Waals surface area contributed by atoms with Gasteiger partial charge >= 0.3 is 6.18 Å². The fourth-order valence-corrected chi connectivity index (χ4v) is 4.97. The topological polar surface area (TPSA) is 118 Å². The van der Waals surface area contributed by atoms with Gasteiger partial charge in [-0.05, 0) is 30.5 Å². The van der Waals surface area contributed by atoms with Crippen LogP contribution in [0.1, 0.15) is 23.5 Å². The minimum atomic E-state index is -4.69. The zero-order chi connectivity index (χ0) is 25.9. The monoisotopic (exact) mass is 538 g/mol. The van der Waals surface area contributed by atoms with Crippen molar-refractivity contribution < 1.29 is 26.3 Å². The second-order valence-electron chi connectivity index (χ2n) is 7.42. The lowest BCUT2D eigenvalue weighted by Crippen LogP contribution is -2.16. The van der Waals surface area contributed by atoms with E-state index in [-0.39, 0.29) is 39.4 Å². The highest BCUT2D eigenvalue weighted by molar-refractivity contribution is 7.91. The summed E-state index contributed by atoms with van der Waals surface area (Å²) in [5, 5.41) is 8.64. The normalized spacial score (nSPS) is 15.4. The number of ether oxygens (including phenoxy) is 1. The Bertz CT molecular complexity index is 1420. The number of rotatable bonds is 8. The molecule has 3 N–H and O–H groups in total. The lowest BCUT2D eigenvalue weighted by atomic mass is 10.2. The highest BCUT2D eigenvalue weighted by atomic mass is 32.2. The standard InChI is InChI=1S/C22H21F3N6O3S2/c1-3-36(32,33)13-5-6-17(34-2)16(9-13)30-18-10-15(14(11-28-18)22(23,24)25)31-21-19(35-12-29-21)20-26-7-4-8-27-20/h4-12,20,26H,3H2,1-2H3,(H2,28,30,31). The van der Waals surface area contributed by atoms with E-state index in [1.807, 2.05) is 0 Å². The second kappa shape index (κ2) is 10.1. The minimum Gasteiger partial charge on any atom is -0.495 e. The summed E-state index contributed by atoms with van der Waals surface area (Å²) in [6, 6.07) is 5.38. The first-order valence-corrected chi connectivity index (χ1v) is 13.1. The maximum atomic E-state index is 13.8. The number of sulfone groups is 1. The molecule has 4 rings (SSSR count). The van der Waals surface area contributed by atoms with E-state index in [1.165, 1.54) is 55.1 Å². The molecule has 1 aliphatic rings. The lowest BCUT2D eigenvalue weighted by molar-refractivity contribution is -0.137. The molecular weight excluding hydrogens is 517 g/mol. The number of nitrogens with zero attached hydrogens (tertiary/aromatic N) is 3. The molecule has 0 bridgehead atoms. The van der Waals surface area contributed by atoms with Gasteiger partial charge in [0.2, 0.25) is 0 Å². The smallest absolute Gasteiger partial charge is 0.419 e. The average molecular weight is 539 g/mol. The summed E-state index contributed by atoms with van der Waals surface area (Å²) in [5.74, 6) is 0.416. The fraction of sp³-hybridized carbons (Fsp3) is 0.227. The van der Waals surface area contributed by atoms with Crippen LogP contribution in [0.5, 0.6) is 5.75 Å². The van der Waals surface area contributed by atoms with E-state index < -0.39 is 27.7 Å². The first kappa shape index (κ1) is 25.4. The van der Waals surface area contributed by atoms with E-state index in [0.717, 1.165) is 0 Å². The molecule has 0 radical (unpaired) electrons. The van der Waals surface area contributed by atoms with Gasteiger partial charge in [0.25, 0.3) is 0 Å². The Labute approximate surface area is 209 Å². The Balaban J connectivity index is 1.71. The third kappa shape index (κ3) is 5.44. The zero-order valence-electron chi connectivity index (χ0n) is 19.0. The molecule has 3 heterocycles. The van der Waals surface area contributed by atoms with Crippen LogP contribution in [0.25, 0.3) is 0 Å².